The molecule has 4 rings (SSSR count). The molecule has 0 saturated carbocycles. The minimum absolute atomic E-state index is 0.174. The largest absolute Gasteiger partial charge is 0.315 e. The lowest BCUT2D eigenvalue weighted by atomic mass is 9.99. The van der Waals surface area contributed by atoms with E-state index in [0.29, 0.717) is 5.69 Å². The van der Waals surface area contributed by atoms with E-state index in [-0.39, 0.29) is 11.2 Å². The summed E-state index contributed by atoms with van der Waals surface area (Å²) in [4.78, 5) is 17.8. The first kappa shape index (κ1) is 22.1. The van der Waals surface area contributed by atoms with Crippen LogP contribution in [0.2, 0.25) is 0 Å². The summed E-state index contributed by atoms with van der Waals surface area (Å²) in [6.45, 7) is 4.30. The minimum atomic E-state index is -0.174. The van der Waals surface area contributed by atoms with Crippen molar-refractivity contribution in [2.75, 3.05) is 0 Å². The molecule has 0 fully saturated rings. The number of thioether (sulfide) groups is 1. The lowest BCUT2D eigenvalue weighted by Gasteiger charge is -2.21. The number of para-hydroxylation sites is 1. The number of hydrogen-bond donors (Lipinski definition) is 1. The zero-order valence-corrected chi connectivity index (χ0v) is 19.4. The fourth-order valence-corrected chi connectivity index (χ4v) is 5.03. The van der Waals surface area contributed by atoms with Crippen LogP contribution >= 0.6 is 11.8 Å². The Kier molecular flexibility index (Phi) is 7.23. The first-order valence-electron chi connectivity index (χ1n) is 11.1. The summed E-state index contributed by atoms with van der Waals surface area (Å²) < 4.78 is 0. The molecule has 0 aliphatic heterocycles. The monoisotopic (exact) mass is 440 g/mol. The second-order valence-electron chi connectivity index (χ2n) is 7.88. The molecule has 3 nitrogen and oxygen atoms in total. The molecule has 0 saturated heterocycles. The van der Waals surface area contributed by atoms with Gasteiger partial charge in [0.15, 0.2) is 0 Å². The van der Waals surface area contributed by atoms with Crippen molar-refractivity contribution in [3.8, 4) is 0 Å². The van der Waals surface area contributed by atoms with Crippen LogP contribution in [0.15, 0.2) is 101 Å². The van der Waals surface area contributed by atoms with Gasteiger partial charge in [0, 0.05) is 10.6 Å². The Morgan fingerprint density at radius 3 is 2.59 bits per heavy atom. The number of rotatable bonds is 7. The molecule has 2 aromatic carbocycles. The fraction of sp³-hybridized carbons (Fsp3) is 0.214. The Labute approximate surface area is 194 Å². The van der Waals surface area contributed by atoms with Crippen LogP contribution in [0.4, 0.5) is 0 Å². The number of nitrogens with zero attached hydrogens (tertiary/aromatic N) is 1. The Morgan fingerprint density at radius 1 is 1.06 bits per heavy atom. The molecule has 0 radical (unpaired) electrons. The Bertz CT molecular complexity index is 1190. The average molecular weight is 441 g/mol. The first-order valence-corrected chi connectivity index (χ1v) is 12.0. The third-order valence-electron chi connectivity index (χ3n) is 5.70. The van der Waals surface area contributed by atoms with Crippen molar-refractivity contribution in [1.82, 2.24) is 10.3 Å². The van der Waals surface area contributed by atoms with E-state index >= 15 is 0 Å². The molecule has 32 heavy (non-hydrogen) atoms. The van der Waals surface area contributed by atoms with Crippen LogP contribution in [0.25, 0.3) is 10.9 Å². The third kappa shape index (κ3) is 5.20. The van der Waals surface area contributed by atoms with E-state index in [2.05, 4.69) is 66.6 Å². The molecule has 1 unspecified atom stereocenters. The zero-order chi connectivity index (χ0) is 22.3. The summed E-state index contributed by atoms with van der Waals surface area (Å²) in [5.41, 5.74) is 4.92. The maximum Gasteiger partial charge on any atom is 0.274 e. The van der Waals surface area contributed by atoms with E-state index in [9.17, 15) is 4.79 Å². The van der Waals surface area contributed by atoms with Crippen molar-refractivity contribution in [2.45, 2.75) is 38.4 Å². The molecule has 1 amide bonds. The van der Waals surface area contributed by atoms with E-state index in [1.165, 1.54) is 11.1 Å². The minimum Gasteiger partial charge on any atom is -0.315 e. The molecule has 1 aromatic heterocycles. The van der Waals surface area contributed by atoms with Gasteiger partial charge in [-0.05, 0) is 55.0 Å². The van der Waals surface area contributed by atoms with Gasteiger partial charge in [0.25, 0.3) is 5.91 Å². The van der Waals surface area contributed by atoms with Gasteiger partial charge in [-0.15, -0.1) is 0 Å². The van der Waals surface area contributed by atoms with Crippen molar-refractivity contribution in [1.29, 1.82) is 0 Å². The van der Waals surface area contributed by atoms with Gasteiger partial charge in [-0.25, -0.2) is 4.98 Å². The lowest BCUT2D eigenvalue weighted by Crippen LogP contribution is -2.24. The highest BCUT2D eigenvalue weighted by Gasteiger charge is 2.19. The molecule has 1 heterocycles. The van der Waals surface area contributed by atoms with Crippen LogP contribution in [0.1, 0.15) is 54.4 Å². The predicted molar refractivity (Wildman–Crippen MR) is 135 cm³/mol. The Morgan fingerprint density at radius 2 is 1.84 bits per heavy atom. The molecule has 3 aromatic rings. The van der Waals surface area contributed by atoms with Crippen LogP contribution in [-0.4, -0.2) is 10.9 Å². The number of carbonyl (C=O) groups excluding carboxylic acids is 1. The van der Waals surface area contributed by atoms with Crippen LogP contribution in [0, 0.1) is 0 Å². The number of allylic oxidation sites excluding steroid dienone is 5. The van der Waals surface area contributed by atoms with Crippen molar-refractivity contribution in [3.63, 3.8) is 0 Å². The highest BCUT2D eigenvalue weighted by Crippen LogP contribution is 2.39. The number of aromatic nitrogens is 1. The van der Waals surface area contributed by atoms with Gasteiger partial charge < -0.3 is 5.32 Å². The highest BCUT2D eigenvalue weighted by atomic mass is 32.2. The molecule has 1 aliphatic carbocycles. The van der Waals surface area contributed by atoms with Crippen molar-refractivity contribution < 1.29 is 4.79 Å². The molecular formula is C28H28N2OS. The molecule has 1 N–H and O–H groups in total. The maximum atomic E-state index is 13.2. The number of hydrogen-bond acceptors (Lipinski definition) is 3. The molecular weight excluding hydrogens is 412 g/mol. The number of benzene rings is 2. The van der Waals surface area contributed by atoms with Gasteiger partial charge in [-0.1, -0.05) is 91.5 Å². The molecule has 1 atom stereocenters. The lowest BCUT2D eigenvalue weighted by molar-refractivity contribution is 0.0964. The van der Waals surface area contributed by atoms with Gasteiger partial charge in [0.2, 0.25) is 0 Å². The summed E-state index contributed by atoms with van der Waals surface area (Å²) in [6, 6.07) is 22.1. The van der Waals surface area contributed by atoms with Gasteiger partial charge in [-0.3, -0.25) is 4.79 Å². The standard InChI is InChI=1S/C28H28N2OS/c1-3-26(23-15-8-5-9-16-23)32-28(20(2)21-12-6-4-7-13-21)30-27(31)25-19-18-22-14-10-11-17-24(22)29-25/h4-6,8-12,14-19,26H,3,7,13H2,1-2H3,(H,30,31)/b28-20+. The van der Waals surface area contributed by atoms with Crippen LogP contribution in [0.3, 0.4) is 0 Å². The SMILES string of the molecule is CCC(S/C(NC(=O)c1ccc2ccccc2n1)=C(\C)C1=CC=CCC1)c1ccccc1. The summed E-state index contributed by atoms with van der Waals surface area (Å²) >= 11 is 1.73. The van der Waals surface area contributed by atoms with E-state index in [4.69, 9.17) is 0 Å². The number of amides is 1. The van der Waals surface area contributed by atoms with Gasteiger partial charge in [0.05, 0.1) is 10.5 Å². The average Bonchev–Trinajstić information content (AvgIpc) is 2.86. The molecule has 0 bridgehead atoms. The number of fused-ring (bicyclic) bond motifs is 1. The van der Waals surface area contributed by atoms with Gasteiger partial charge in [-0.2, -0.15) is 0 Å². The number of carbonyl (C=O) groups is 1. The summed E-state index contributed by atoms with van der Waals surface area (Å²) in [6.07, 6.45) is 9.42. The Balaban J connectivity index is 1.65. The highest BCUT2D eigenvalue weighted by molar-refractivity contribution is 8.03. The zero-order valence-electron chi connectivity index (χ0n) is 18.5. The molecule has 0 spiro atoms. The first-order chi connectivity index (χ1) is 15.7. The quantitative estimate of drug-likeness (QED) is 0.417. The summed E-state index contributed by atoms with van der Waals surface area (Å²) in [7, 11) is 0. The number of nitrogens with one attached hydrogen (secondary N) is 1. The third-order valence-corrected chi connectivity index (χ3v) is 7.23. The van der Waals surface area contributed by atoms with Crippen molar-refractivity contribution in [2.24, 2.45) is 0 Å². The van der Waals surface area contributed by atoms with Gasteiger partial charge in [0.1, 0.15) is 5.69 Å². The van der Waals surface area contributed by atoms with E-state index in [1.807, 2.05) is 36.4 Å². The van der Waals surface area contributed by atoms with Crippen LogP contribution in [0.5, 0.6) is 0 Å². The smallest absolute Gasteiger partial charge is 0.274 e. The molecule has 1 aliphatic rings. The van der Waals surface area contributed by atoms with E-state index in [1.54, 1.807) is 17.8 Å². The van der Waals surface area contributed by atoms with Crippen LogP contribution in [-0.2, 0) is 0 Å². The molecule has 4 heteroatoms. The normalized spacial score (nSPS) is 15.1. The Hall–Kier alpha value is -3.11. The number of pyridine rings is 1. The molecule has 162 valence electrons. The predicted octanol–water partition coefficient (Wildman–Crippen LogP) is 7.36. The van der Waals surface area contributed by atoms with Crippen molar-refractivity contribution >= 4 is 28.6 Å². The van der Waals surface area contributed by atoms with Gasteiger partial charge >= 0.3 is 0 Å². The summed E-state index contributed by atoms with van der Waals surface area (Å²) in [5, 5.41) is 5.39. The second-order valence-corrected chi connectivity index (χ2v) is 9.09. The topological polar surface area (TPSA) is 42.0 Å². The van der Waals surface area contributed by atoms with E-state index < -0.39 is 0 Å². The maximum absolute atomic E-state index is 13.2. The fourth-order valence-electron chi connectivity index (χ4n) is 3.83. The van der Waals surface area contributed by atoms with E-state index in [0.717, 1.165) is 40.8 Å². The summed E-state index contributed by atoms with van der Waals surface area (Å²) in [5.74, 6) is -0.174. The second kappa shape index (κ2) is 10.5. The van der Waals surface area contributed by atoms with Crippen molar-refractivity contribution in [3.05, 3.63) is 112 Å². The van der Waals surface area contributed by atoms with Crippen LogP contribution < -0.4 is 5.32 Å².